The highest BCUT2D eigenvalue weighted by Gasteiger charge is 2.24. The van der Waals surface area contributed by atoms with Crippen LogP contribution in [0.3, 0.4) is 0 Å². The molecule has 0 bridgehead atoms. The zero-order valence-corrected chi connectivity index (χ0v) is 17.8. The number of halogens is 1. The highest BCUT2D eigenvalue weighted by atomic mass is 79.9. The lowest BCUT2D eigenvalue weighted by atomic mass is 9.86. The zero-order chi connectivity index (χ0) is 20.5. The number of ether oxygens (including phenoxy) is 2. The van der Waals surface area contributed by atoms with Crippen LogP contribution in [0.15, 0.2) is 28.2 Å². The summed E-state index contributed by atoms with van der Waals surface area (Å²) in [6.45, 7) is 3.97. The normalized spacial score (nSPS) is 19.4. The molecule has 0 aromatic heterocycles. The predicted octanol–water partition coefficient (Wildman–Crippen LogP) is 3.99. The Labute approximate surface area is 174 Å². The number of carbonyl (C=O) groups is 2. The van der Waals surface area contributed by atoms with Crippen molar-refractivity contribution >= 4 is 33.9 Å². The number of rotatable bonds is 7. The van der Waals surface area contributed by atoms with Crippen molar-refractivity contribution in [1.82, 2.24) is 5.32 Å². The van der Waals surface area contributed by atoms with Gasteiger partial charge in [-0.15, -0.1) is 0 Å². The van der Waals surface area contributed by atoms with Crippen LogP contribution >= 0.6 is 15.9 Å². The van der Waals surface area contributed by atoms with Crippen molar-refractivity contribution in [2.75, 3.05) is 13.2 Å². The Hall–Kier alpha value is -2.33. The van der Waals surface area contributed by atoms with Gasteiger partial charge < -0.3 is 14.8 Å². The smallest absolute Gasteiger partial charge is 0.344 e. The summed E-state index contributed by atoms with van der Waals surface area (Å²) in [5, 5.41) is 12.4. The fourth-order valence-electron chi connectivity index (χ4n) is 3.16. The lowest BCUT2D eigenvalue weighted by Crippen LogP contribution is -2.41. The number of esters is 1. The van der Waals surface area contributed by atoms with Crippen LogP contribution in [0.4, 0.5) is 0 Å². The highest BCUT2D eigenvalue weighted by molar-refractivity contribution is 9.10. The molecule has 28 heavy (non-hydrogen) atoms. The molecule has 0 aliphatic heterocycles. The first-order valence-electron chi connectivity index (χ1n) is 9.45. The van der Waals surface area contributed by atoms with Gasteiger partial charge in [-0.25, -0.2) is 4.79 Å². The van der Waals surface area contributed by atoms with Crippen LogP contribution in [-0.2, 0) is 14.3 Å². The molecule has 7 heteroatoms. The quantitative estimate of drug-likeness (QED) is 0.386. The van der Waals surface area contributed by atoms with Crippen molar-refractivity contribution in [3.05, 3.63) is 33.8 Å². The predicted molar refractivity (Wildman–Crippen MR) is 109 cm³/mol. The van der Waals surface area contributed by atoms with Crippen molar-refractivity contribution in [3.8, 4) is 11.8 Å². The van der Waals surface area contributed by atoms with Crippen LogP contribution < -0.4 is 10.1 Å². The van der Waals surface area contributed by atoms with Gasteiger partial charge in [0, 0.05) is 6.04 Å². The van der Waals surface area contributed by atoms with E-state index in [4.69, 9.17) is 9.47 Å². The lowest BCUT2D eigenvalue weighted by Gasteiger charge is -2.29. The molecule has 1 aromatic rings. The Bertz CT molecular complexity index is 785. The van der Waals surface area contributed by atoms with Gasteiger partial charge in [0.2, 0.25) is 0 Å². The van der Waals surface area contributed by atoms with Crippen molar-refractivity contribution in [2.24, 2.45) is 5.92 Å². The van der Waals surface area contributed by atoms with E-state index in [2.05, 4.69) is 28.2 Å². The Balaban J connectivity index is 2.05. The molecule has 0 spiro atoms. The third-order valence-corrected chi connectivity index (χ3v) is 5.33. The molecule has 0 heterocycles. The van der Waals surface area contributed by atoms with Crippen molar-refractivity contribution in [3.63, 3.8) is 0 Å². The molecule has 1 amide bonds. The zero-order valence-electron chi connectivity index (χ0n) is 16.2. The highest BCUT2D eigenvalue weighted by Crippen LogP contribution is 2.27. The van der Waals surface area contributed by atoms with Gasteiger partial charge in [-0.05, 0) is 65.4 Å². The summed E-state index contributed by atoms with van der Waals surface area (Å²) in [7, 11) is 0. The van der Waals surface area contributed by atoms with Gasteiger partial charge in [0.1, 0.15) is 17.4 Å². The number of hydrogen-bond donors (Lipinski definition) is 1. The molecule has 150 valence electrons. The molecule has 1 aliphatic carbocycles. The van der Waals surface area contributed by atoms with Crippen LogP contribution in [-0.4, -0.2) is 31.1 Å². The number of hydrogen-bond acceptors (Lipinski definition) is 5. The molecule has 0 saturated heterocycles. The molecule has 1 saturated carbocycles. The summed E-state index contributed by atoms with van der Waals surface area (Å²) in [5.41, 5.74) is 0.739. The molecule has 2 rings (SSSR count). The van der Waals surface area contributed by atoms with Crippen molar-refractivity contribution in [2.45, 2.75) is 45.6 Å². The fraction of sp³-hybridized carbons (Fsp3) is 0.476. The van der Waals surface area contributed by atoms with E-state index in [1.807, 2.05) is 6.07 Å². The summed E-state index contributed by atoms with van der Waals surface area (Å²) in [6, 6.07) is 7.22. The Morgan fingerprint density at radius 2 is 2.11 bits per heavy atom. The average Bonchev–Trinajstić information content (AvgIpc) is 2.67. The molecule has 6 nitrogen and oxygen atoms in total. The van der Waals surface area contributed by atoms with Crippen LogP contribution in [0.1, 0.15) is 45.1 Å². The first kappa shape index (κ1) is 22.0. The van der Waals surface area contributed by atoms with Gasteiger partial charge in [-0.1, -0.05) is 25.8 Å². The number of benzene rings is 1. The molecule has 1 fully saturated rings. The Kier molecular flexibility index (Phi) is 8.52. The van der Waals surface area contributed by atoms with Crippen molar-refractivity contribution < 1.29 is 19.1 Å². The van der Waals surface area contributed by atoms with E-state index in [1.165, 1.54) is 6.42 Å². The van der Waals surface area contributed by atoms with Gasteiger partial charge in [0.05, 0.1) is 11.1 Å². The lowest BCUT2D eigenvalue weighted by molar-refractivity contribution is -0.145. The molecular formula is C21H25BrN2O4. The number of amides is 1. The minimum Gasteiger partial charge on any atom is -0.481 e. The molecule has 1 aromatic carbocycles. The molecule has 1 aliphatic rings. The average molecular weight is 449 g/mol. The second-order valence-corrected chi connectivity index (χ2v) is 7.65. The molecule has 0 radical (unpaired) electrons. The van der Waals surface area contributed by atoms with Crippen LogP contribution in [0.5, 0.6) is 5.75 Å². The maximum absolute atomic E-state index is 12.5. The van der Waals surface area contributed by atoms with E-state index in [9.17, 15) is 14.9 Å². The number of nitriles is 1. The van der Waals surface area contributed by atoms with Crippen molar-refractivity contribution in [1.29, 1.82) is 5.26 Å². The molecular weight excluding hydrogens is 424 g/mol. The standard InChI is InChI=1S/C21H25BrN2O4/c1-3-27-20(25)13-28-19-9-8-15(11-17(19)22)10-16(12-23)21(26)24-18-7-5-4-6-14(18)2/h8-11,14,18H,3-7,13H2,1-2H3,(H,24,26)/b16-10+/t14-,18-/m1/s1. The number of carbonyl (C=O) groups excluding carboxylic acids is 2. The maximum atomic E-state index is 12.5. The Morgan fingerprint density at radius 1 is 1.36 bits per heavy atom. The van der Waals surface area contributed by atoms with Gasteiger partial charge in [-0.3, -0.25) is 4.79 Å². The van der Waals surface area contributed by atoms with E-state index in [0.29, 0.717) is 28.3 Å². The van der Waals surface area contributed by atoms with Gasteiger partial charge >= 0.3 is 5.97 Å². The van der Waals surface area contributed by atoms with Crippen LogP contribution in [0.2, 0.25) is 0 Å². The van der Waals surface area contributed by atoms with E-state index in [-0.39, 0.29) is 24.1 Å². The third kappa shape index (κ3) is 6.38. The largest absolute Gasteiger partial charge is 0.481 e. The number of nitrogens with one attached hydrogen (secondary N) is 1. The van der Waals surface area contributed by atoms with E-state index in [0.717, 1.165) is 19.3 Å². The minimum absolute atomic E-state index is 0.0601. The maximum Gasteiger partial charge on any atom is 0.344 e. The Morgan fingerprint density at radius 3 is 2.75 bits per heavy atom. The monoisotopic (exact) mass is 448 g/mol. The SMILES string of the molecule is CCOC(=O)COc1ccc(/C=C(\C#N)C(=O)N[C@@H]2CCCC[C@H]2C)cc1Br. The van der Waals surface area contributed by atoms with E-state index in [1.54, 1.807) is 31.2 Å². The summed E-state index contributed by atoms with van der Waals surface area (Å²) in [6.07, 6.45) is 5.87. The molecule has 0 unspecified atom stereocenters. The fourth-order valence-corrected chi connectivity index (χ4v) is 3.67. The van der Waals surface area contributed by atoms with Crippen LogP contribution in [0, 0.1) is 17.2 Å². The molecule has 2 atom stereocenters. The van der Waals surface area contributed by atoms with Gasteiger partial charge in [-0.2, -0.15) is 5.26 Å². The second kappa shape index (κ2) is 10.9. The van der Waals surface area contributed by atoms with Gasteiger partial charge in [0.15, 0.2) is 6.61 Å². The second-order valence-electron chi connectivity index (χ2n) is 6.80. The summed E-state index contributed by atoms with van der Waals surface area (Å²) >= 11 is 3.38. The first-order chi connectivity index (χ1) is 13.4. The summed E-state index contributed by atoms with van der Waals surface area (Å²) < 4.78 is 10.8. The topological polar surface area (TPSA) is 88.4 Å². The summed E-state index contributed by atoms with van der Waals surface area (Å²) in [4.78, 5) is 23.9. The van der Waals surface area contributed by atoms with Gasteiger partial charge in [0.25, 0.3) is 5.91 Å². The first-order valence-corrected chi connectivity index (χ1v) is 10.2. The van der Waals surface area contributed by atoms with E-state index < -0.39 is 5.97 Å². The molecule has 1 N–H and O–H groups in total. The number of nitrogens with zero attached hydrogens (tertiary/aromatic N) is 1. The minimum atomic E-state index is -0.446. The summed E-state index contributed by atoms with van der Waals surface area (Å²) in [5.74, 6) is 0.102. The van der Waals surface area contributed by atoms with Crippen LogP contribution in [0.25, 0.3) is 6.08 Å². The van der Waals surface area contributed by atoms with E-state index >= 15 is 0 Å². The third-order valence-electron chi connectivity index (χ3n) is 4.71.